The molecular weight excluding hydrogens is 242 g/mol. The standard InChI is InChI=1S/C11H8BrNO/c12-7-11(14)9-4-3-8-2-1-5-13-10(8)6-9/h1-6H,7H2. The van der Waals surface area contributed by atoms with E-state index >= 15 is 0 Å². The van der Waals surface area contributed by atoms with Crippen molar-refractivity contribution in [2.24, 2.45) is 0 Å². The van der Waals surface area contributed by atoms with Crippen molar-refractivity contribution in [1.82, 2.24) is 4.98 Å². The maximum absolute atomic E-state index is 11.4. The van der Waals surface area contributed by atoms with Crippen molar-refractivity contribution in [3.8, 4) is 0 Å². The molecule has 3 heteroatoms. The number of Topliss-reactive ketones (excluding diaryl/α,β-unsaturated/α-hetero) is 1. The molecule has 0 aliphatic carbocycles. The van der Waals surface area contributed by atoms with Gasteiger partial charge in [0.2, 0.25) is 0 Å². The van der Waals surface area contributed by atoms with Crippen LogP contribution in [0.5, 0.6) is 0 Å². The van der Waals surface area contributed by atoms with Gasteiger partial charge in [0.25, 0.3) is 0 Å². The summed E-state index contributed by atoms with van der Waals surface area (Å²) >= 11 is 3.15. The summed E-state index contributed by atoms with van der Waals surface area (Å²) in [5, 5.41) is 1.41. The molecular formula is C11H8BrNO. The number of pyridine rings is 1. The molecule has 0 bridgehead atoms. The molecule has 70 valence electrons. The topological polar surface area (TPSA) is 30.0 Å². The minimum absolute atomic E-state index is 0.0811. The number of ketones is 1. The first-order valence-corrected chi connectivity index (χ1v) is 5.37. The lowest BCUT2D eigenvalue weighted by atomic mass is 10.1. The zero-order chi connectivity index (χ0) is 9.97. The van der Waals surface area contributed by atoms with Gasteiger partial charge in [-0.25, -0.2) is 0 Å². The fourth-order valence-corrected chi connectivity index (χ4v) is 1.64. The van der Waals surface area contributed by atoms with Crippen molar-refractivity contribution in [2.45, 2.75) is 0 Å². The van der Waals surface area contributed by atoms with Crippen molar-refractivity contribution < 1.29 is 4.79 Å². The number of nitrogens with zero attached hydrogens (tertiary/aromatic N) is 1. The van der Waals surface area contributed by atoms with E-state index in [0.29, 0.717) is 10.9 Å². The molecule has 1 aromatic heterocycles. The molecule has 14 heavy (non-hydrogen) atoms. The zero-order valence-electron chi connectivity index (χ0n) is 7.40. The normalized spacial score (nSPS) is 10.4. The van der Waals surface area contributed by atoms with Gasteiger partial charge in [-0.1, -0.05) is 34.1 Å². The average molecular weight is 250 g/mol. The maximum Gasteiger partial charge on any atom is 0.173 e. The predicted octanol–water partition coefficient (Wildman–Crippen LogP) is 2.81. The lowest BCUT2D eigenvalue weighted by Gasteiger charge is -1.99. The van der Waals surface area contributed by atoms with Gasteiger partial charge in [0, 0.05) is 17.1 Å². The highest BCUT2D eigenvalue weighted by atomic mass is 79.9. The van der Waals surface area contributed by atoms with Gasteiger partial charge in [0.05, 0.1) is 10.8 Å². The first kappa shape index (κ1) is 9.34. The van der Waals surface area contributed by atoms with Crippen LogP contribution >= 0.6 is 15.9 Å². The third kappa shape index (κ3) is 1.68. The third-order valence-corrected chi connectivity index (χ3v) is 2.56. The molecule has 0 saturated carbocycles. The molecule has 0 saturated heterocycles. The van der Waals surface area contributed by atoms with E-state index in [1.165, 1.54) is 0 Å². The van der Waals surface area contributed by atoms with Crippen LogP contribution in [0.3, 0.4) is 0 Å². The van der Waals surface area contributed by atoms with Gasteiger partial charge in [-0.3, -0.25) is 9.78 Å². The van der Waals surface area contributed by atoms with Crippen molar-refractivity contribution in [1.29, 1.82) is 0 Å². The average Bonchev–Trinajstić information content (AvgIpc) is 2.27. The highest BCUT2D eigenvalue weighted by Crippen LogP contribution is 2.13. The van der Waals surface area contributed by atoms with Gasteiger partial charge in [0.15, 0.2) is 5.78 Å². The summed E-state index contributed by atoms with van der Waals surface area (Å²) in [6.07, 6.45) is 1.73. The number of hydrogen-bond donors (Lipinski definition) is 0. The summed E-state index contributed by atoms with van der Waals surface area (Å²) < 4.78 is 0. The van der Waals surface area contributed by atoms with E-state index in [0.717, 1.165) is 10.9 Å². The molecule has 1 heterocycles. The number of alkyl halides is 1. The van der Waals surface area contributed by atoms with Gasteiger partial charge in [-0.05, 0) is 12.1 Å². The minimum Gasteiger partial charge on any atom is -0.293 e. The third-order valence-electron chi connectivity index (χ3n) is 2.05. The van der Waals surface area contributed by atoms with Gasteiger partial charge in [-0.2, -0.15) is 0 Å². The van der Waals surface area contributed by atoms with E-state index in [9.17, 15) is 4.79 Å². The van der Waals surface area contributed by atoms with Gasteiger partial charge < -0.3 is 0 Å². The smallest absolute Gasteiger partial charge is 0.173 e. The van der Waals surface area contributed by atoms with E-state index in [2.05, 4.69) is 20.9 Å². The van der Waals surface area contributed by atoms with Gasteiger partial charge in [-0.15, -0.1) is 0 Å². The van der Waals surface area contributed by atoms with E-state index in [4.69, 9.17) is 0 Å². The molecule has 0 unspecified atom stereocenters. The van der Waals surface area contributed by atoms with E-state index < -0.39 is 0 Å². The molecule has 0 amide bonds. The van der Waals surface area contributed by atoms with Crippen LogP contribution in [0.1, 0.15) is 10.4 Å². The summed E-state index contributed by atoms with van der Waals surface area (Å²) in [5.74, 6) is 0.0811. The van der Waals surface area contributed by atoms with Crippen LogP contribution in [0.2, 0.25) is 0 Å². The molecule has 0 fully saturated rings. The van der Waals surface area contributed by atoms with Crippen LogP contribution < -0.4 is 0 Å². The second-order valence-electron chi connectivity index (χ2n) is 2.97. The minimum atomic E-state index is 0.0811. The summed E-state index contributed by atoms with van der Waals surface area (Å²) in [4.78, 5) is 15.6. The number of hydrogen-bond acceptors (Lipinski definition) is 2. The van der Waals surface area contributed by atoms with Crippen LogP contribution in [-0.4, -0.2) is 16.1 Å². The number of carbonyl (C=O) groups excluding carboxylic acids is 1. The van der Waals surface area contributed by atoms with Gasteiger partial charge in [0.1, 0.15) is 0 Å². The van der Waals surface area contributed by atoms with E-state index in [1.54, 1.807) is 6.20 Å². The first-order valence-electron chi connectivity index (χ1n) is 4.25. The van der Waals surface area contributed by atoms with Crippen molar-refractivity contribution in [3.05, 3.63) is 42.1 Å². The first-order chi connectivity index (χ1) is 6.81. The van der Waals surface area contributed by atoms with Gasteiger partial charge >= 0.3 is 0 Å². The molecule has 0 aliphatic rings. The summed E-state index contributed by atoms with van der Waals surface area (Å²) in [6.45, 7) is 0. The fraction of sp³-hybridized carbons (Fsp3) is 0.0909. The second kappa shape index (κ2) is 3.88. The Kier molecular flexibility index (Phi) is 2.59. The Labute approximate surface area is 90.1 Å². The second-order valence-corrected chi connectivity index (χ2v) is 3.53. The number of fused-ring (bicyclic) bond motifs is 1. The molecule has 0 radical (unpaired) electrons. The van der Waals surface area contributed by atoms with E-state index in [1.807, 2.05) is 30.3 Å². The van der Waals surface area contributed by atoms with Crippen LogP contribution in [0.4, 0.5) is 0 Å². The number of benzene rings is 1. The highest BCUT2D eigenvalue weighted by molar-refractivity contribution is 9.09. The molecule has 2 aromatic rings. The SMILES string of the molecule is O=C(CBr)c1ccc2cccnc2c1. The molecule has 0 aliphatic heterocycles. The van der Waals surface area contributed by atoms with E-state index in [-0.39, 0.29) is 5.78 Å². The molecule has 1 aromatic carbocycles. The Hall–Kier alpha value is -1.22. The molecule has 2 rings (SSSR count). The van der Waals surface area contributed by atoms with Crippen LogP contribution in [0, 0.1) is 0 Å². The Balaban J connectivity index is 2.56. The maximum atomic E-state index is 11.4. The number of halogens is 1. The van der Waals surface area contributed by atoms with Crippen LogP contribution in [-0.2, 0) is 0 Å². The quantitative estimate of drug-likeness (QED) is 0.606. The van der Waals surface area contributed by atoms with Crippen molar-refractivity contribution in [2.75, 3.05) is 5.33 Å². The largest absolute Gasteiger partial charge is 0.293 e. The monoisotopic (exact) mass is 249 g/mol. The fourth-order valence-electron chi connectivity index (χ4n) is 1.32. The molecule has 2 nitrogen and oxygen atoms in total. The van der Waals surface area contributed by atoms with Crippen LogP contribution in [0.25, 0.3) is 10.9 Å². The number of aromatic nitrogens is 1. The Morgan fingerprint density at radius 2 is 2.21 bits per heavy atom. The lowest BCUT2D eigenvalue weighted by Crippen LogP contribution is -1.99. The summed E-state index contributed by atoms with van der Waals surface area (Å²) in [5.41, 5.74) is 1.56. The Morgan fingerprint density at radius 1 is 1.36 bits per heavy atom. The zero-order valence-corrected chi connectivity index (χ0v) is 8.99. The lowest BCUT2D eigenvalue weighted by molar-refractivity contribution is 0.102. The number of rotatable bonds is 2. The molecule has 0 atom stereocenters. The molecule has 0 spiro atoms. The Bertz CT molecular complexity index is 481. The highest BCUT2D eigenvalue weighted by Gasteiger charge is 2.04. The predicted molar refractivity (Wildman–Crippen MR) is 59.9 cm³/mol. The number of carbonyl (C=O) groups is 1. The molecule has 0 N–H and O–H groups in total. The summed E-state index contributed by atoms with van der Waals surface area (Å²) in [6, 6.07) is 9.42. The Morgan fingerprint density at radius 3 is 3.00 bits per heavy atom. The van der Waals surface area contributed by atoms with Crippen LogP contribution in [0.15, 0.2) is 36.5 Å². The van der Waals surface area contributed by atoms with Crippen molar-refractivity contribution >= 4 is 32.6 Å². The van der Waals surface area contributed by atoms with Crippen molar-refractivity contribution in [3.63, 3.8) is 0 Å². The summed E-state index contributed by atoms with van der Waals surface area (Å²) in [7, 11) is 0.